The Hall–Kier alpha value is -1.87. The van der Waals surface area contributed by atoms with E-state index in [1.807, 2.05) is 13.0 Å². The van der Waals surface area contributed by atoms with Crippen LogP contribution < -0.4 is 4.74 Å². The molecule has 0 aromatic heterocycles. The number of benzene rings is 1. The van der Waals surface area contributed by atoms with Crippen LogP contribution in [0, 0.1) is 11.3 Å². The predicted octanol–water partition coefficient (Wildman–Crippen LogP) is 2.77. The number of hydrogen-bond donors (Lipinski definition) is 1. The molecule has 0 spiro atoms. The second kappa shape index (κ2) is 9.11. The van der Waals surface area contributed by atoms with E-state index >= 15 is 0 Å². The number of aliphatic carboxylic acids is 1. The quantitative estimate of drug-likeness (QED) is 0.859. The molecule has 1 N–H and O–H groups in total. The lowest BCUT2D eigenvalue weighted by molar-refractivity contribution is -0.139. The van der Waals surface area contributed by atoms with Crippen LogP contribution in [0.4, 0.5) is 0 Å². The summed E-state index contributed by atoms with van der Waals surface area (Å²) in [6, 6.07) is 7.32. The molecular weight excluding hydrogens is 314 g/mol. The third-order valence-electron chi connectivity index (χ3n) is 1.76. The minimum Gasteiger partial charge on any atom is -0.493 e. The highest BCUT2D eigenvalue weighted by Crippen LogP contribution is 2.25. The van der Waals surface area contributed by atoms with E-state index in [-0.39, 0.29) is 12.2 Å². The molecule has 0 saturated carbocycles. The maximum atomic E-state index is 9.87. The predicted molar refractivity (Wildman–Crippen MR) is 73.0 cm³/mol. The van der Waals surface area contributed by atoms with Crippen LogP contribution >= 0.6 is 15.9 Å². The molecule has 0 saturated heterocycles. The summed E-state index contributed by atoms with van der Waals surface area (Å²) in [5.41, 5.74) is 0.613. The zero-order chi connectivity index (χ0) is 14.8. The second-order valence-electron chi connectivity index (χ2n) is 3.46. The molecule has 0 amide bonds. The van der Waals surface area contributed by atoms with Gasteiger partial charge in [-0.15, -0.1) is 0 Å². The summed E-state index contributed by atoms with van der Waals surface area (Å²) in [5.74, 6) is -0.656. The van der Waals surface area contributed by atoms with E-state index in [1.54, 1.807) is 12.1 Å². The van der Waals surface area contributed by atoms with Crippen LogP contribution in [0.2, 0.25) is 0 Å². The van der Waals surface area contributed by atoms with Crippen LogP contribution in [-0.4, -0.2) is 23.5 Å². The Morgan fingerprint density at radius 1 is 1.47 bits per heavy atom. The summed E-state index contributed by atoms with van der Waals surface area (Å²) >= 11 is 3.33. The zero-order valence-corrected chi connectivity index (χ0v) is 12.2. The van der Waals surface area contributed by atoms with E-state index in [0.29, 0.717) is 12.2 Å². The van der Waals surface area contributed by atoms with Crippen LogP contribution in [-0.2, 0) is 9.59 Å². The molecule has 0 atom stereocenters. The highest BCUT2D eigenvalue weighted by Gasteiger charge is 2.00. The highest BCUT2D eigenvalue weighted by atomic mass is 79.9. The van der Waals surface area contributed by atoms with E-state index in [9.17, 15) is 9.59 Å². The Morgan fingerprint density at radius 2 is 2.11 bits per heavy atom. The van der Waals surface area contributed by atoms with Crippen molar-refractivity contribution >= 4 is 27.7 Å². The molecule has 0 aliphatic heterocycles. The summed E-state index contributed by atoms with van der Waals surface area (Å²) < 4.78 is 6.16. The number of ketones is 1. The Bertz CT molecular complexity index is 482. The van der Waals surface area contributed by atoms with Gasteiger partial charge < -0.3 is 9.84 Å². The molecule has 19 heavy (non-hydrogen) atoms. The molecule has 0 aliphatic rings. The van der Waals surface area contributed by atoms with Gasteiger partial charge in [0.05, 0.1) is 22.7 Å². The molecule has 0 unspecified atom stereocenters. The molecule has 6 heteroatoms. The molecule has 0 radical (unpaired) electrons. The van der Waals surface area contributed by atoms with Gasteiger partial charge in [0, 0.05) is 0 Å². The number of carbonyl (C=O) groups excluding carboxylic acids is 1. The maximum absolute atomic E-state index is 9.87. The van der Waals surface area contributed by atoms with Crippen molar-refractivity contribution in [3.8, 4) is 11.8 Å². The molecule has 0 fully saturated rings. The van der Waals surface area contributed by atoms with Crippen LogP contribution in [0.25, 0.3) is 0 Å². The lowest BCUT2D eigenvalue weighted by Gasteiger charge is -2.04. The van der Waals surface area contributed by atoms with Gasteiger partial charge in [0.2, 0.25) is 0 Å². The number of Topliss-reactive ketones (excluding diaryl/α,β-unsaturated/α-hetero) is 1. The molecule has 0 aliphatic carbocycles. The number of carboxylic acids is 1. The van der Waals surface area contributed by atoms with Crippen molar-refractivity contribution in [3.05, 3.63) is 28.2 Å². The smallest absolute Gasteiger partial charge is 0.310 e. The normalized spacial score (nSPS) is 8.74. The summed E-state index contributed by atoms with van der Waals surface area (Å²) in [4.78, 5) is 19.5. The second-order valence-corrected chi connectivity index (χ2v) is 4.32. The molecule has 0 bridgehead atoms. The highest BCUT2D eigenvalue weighted by molar-refractivity contribution is 9.10. The summed E-state index contributed by atoms with van der Waals surface area (Å²) in [6.45, 7) is 3.76. The van der Waals surface area contributed by atoms with Crippen molar-refractivity contribution in [2.75, 3.05) is 6.61 Å². The molecule has 1 rings (SSSR count). The first kappa shape index (κ1) is 17.1. The van der Waals surface area contributed by atoms with E-state index < -0.39 is 5.97 Å². The van der Waals surface area contributed by atoms with Gasteiger partial charge >= 0.3 is 5.97 Å². The number of nitrogens with zero attached hydrogens (tertiary/aromatic N) is 1. The first-order chi connectivity index (χ1) is 8.90. The summed E-state index contributed by atoms with van der Waals surface area (Å²) in [6.07, 6.45) is -0.361. The number of hydrogen-bond acceptors (Lipinski definition) is 4. The molecule has 1 aromatic carbocycles. The van der Waals surface area contributed by atoms with Gasteiger partial charge in [-0.1, -0.05) is 0 Å². The van der Waals surface area contributed by atoms with Crippen LogP contribution in [0.3, 0.4) is 0 Å². The molecule has 5 nitrogen and oxygen atoms in total. The van der Waals surface area contributed by atoms with E-state index in [4.69, 9.17) is 15.1 Å². The van der Waals surface area contributed by atoms with Gasteiger partial charge in [-0.05, 0) is 48.0 Å². The Balaban J connectivity index is 0.000000399. The van der Waals surface area contributed by atoms with E-state index in [2.05, 4.69) is 22.0 Å². The van der Waals surface area contributed by atoms with Crippen molar-refractivity contribution in [3.63, 3.8) is 0 Å². The molecule has 102 valence electrons. The van der Waals surface area contributed by atoms with Crippen LogP contribution in [0.5, 0.6) is 5.75 Å². The number of nitriles is 1. The summed E-state index contributed by atoms with van der Waals surface area (Å²) in [5, 5.41) is 16.5. The fraction of sp³-hybridized carbons (Fsp3) is 0.308. The van der Waals surface area contributed by atoms with Crippen LogP contribution in [0.1, 0.15) is 25.8 Å². The lowest BCUT2D eigenvalue weighted by atomic mass is 10.2. The third-order valence-corrected chi connectivity index (χ3v) is 2.42. The van der Waals surface area contributed by atoms with Crippen molar-refractivity contribution in [2.45, 2.75) is 20.3 Å². The minimum absolute atomic E-state index is 0.312. The van der Waals surface area contributed by atoms with Gasteiger partial charge in [-0.2, -0.15) is 5.26 Å². The topological polar surface area (TPSA) is 87.4 Å². The first-order valence-electron chi connectivity index (χ1n) is 5.44. The number of carboxylic acid groups (broad SMARTS) is 1. The summed E-state index contributed by atoms with van der Waals surface area (Å²) in [7, 11) is 0. The van der Waals surface area contributed by atoms with Crippen molar-refractivity contribution < 1.29 is 19.4 Å². The van der Waals surface area contributed by atoms with Crippen molar-refractivity contribution in [1.82, 2.24) is 0 Å². The van der Waals surface area contributed by atoms with Gasteiger partial charge in [0.15, 0.2) is 0 Å². The van der Waals surface area contributed by atoms with Crippen molar-refractivity contribution in [2.24, 2.45) is 0 Å². The fourth-order valence-electron chi connectivity index (χ4n) is 1.05. The third kappa shape index (κ3) is 7.95. The van der Waals surface area contributed by atoms with Gasteiger partial charge in [0.25, 0.3) is 0 Å². The minimum atomic E-state index is -1.06. The Labute approximate surface area is 119 Å². The largest absolute Gasteiger partial charge is 0.493 e. The Morgan fingerprint density at radius 3 is 2.47 bits per heavy atom. The first-order valence-corrected chi connectivity index (χ1v) is 6.23. The van der Waals surface area contributed by atoms with Crippen molar-refractivity contribution in [1.29, 1.82) is 5.26 Å². The van der Waals surface area contributed by atoms with Gasteiger partial charge in [-0.25, -0.2) is 0 Å². The monoisotopic (exact) mass is 327 g/mol. The standard InChI is InChI=1S/C9H8BrNO.C4H6O3/c1-2-12-9-5-7(6-11)3-4-8(9)10;1-3(5)2-4(6)7/h3-5H,2H2,1H3;2H2,1H3,(H,6,7). The molecular formula is C13H14BrNO4. The van der Waals surface area contributed by atoms with Crippen LogP contribution in [0.15, 0.2) is 22.7 Å². The SMILES string of the molecule is CC(=O)CC(=O)O.CCOc1cc(C#N)ccc1Br. The van der Waals surface area contributed by atoms with E-state index in [0.717, 1.165) is 10.2 Å². The number of carbonyl (C=O) groups is 2. The number of halogens is 1. The lowest BCUT2D eigenvalue weighted by Crippen LogP contribution is -2.00. The van der Waals surface area contributed by atoms with Gasteiger partial charge in [-0.3, -0.25) is 9.59 Å². The average Bonchev–Trinajstić information content (AvgIpc) is 2.31. The fourth-order valence-corrected chi connectivity index (χ4v) is 1.41. The number of rotatable bonds is 4. The maximum Gasteiger partial charge on any atom is 0.310 e. The number of ether oxygens (including phenoxy) is 1. The molecule has 0 heterocycles. The zero-order valence-electron chi connectivity index (χ0n) is 10.6. The van der Waals surface area contributed by atoms with E-state index in [1.165, 1.54) is 6.92 Å². The Kier molecular flexibility index (Phi) is 8.22. The van der Waals surface area contributed by atoms with Gasteiger partial charge in [0.1, 0.15) is 18.0 Å². The average molecular weight is 328 g/mol. The molecule has 1 aromatic rings.